The van der Waals surface area contributed by atoms with Gasteiger partial charge in [-0.2, -0.15) is 0 Å². The van der Waals surface area contributed by atoms with Crippen LogP contribution in [0.25, 0.3) is 0 Å². The third-order valence-electron chi connectivity index (χ3n) is 8.06. The number of ketones is 1. The standard InChI is InChI=1S/C39H48N2O6/c1-27(2)21-34(37(44)46-26-29-17-11-7-12-18-29)40-36(43)31(22-28-15-9-6-10-16-28)23-32(42)25-41(38(45)47-39(3,4)5)35-24-33(35)30-19-13-8-14-20-30/h6-20,27,31,33-35H,21-26H2,1-5H3,(H,40,43)/t31-,33+,34+,35?/m0/s1. The summed E-state index contributed by atoms with van der Waals surface area (Å²) in [6.07, 6.45) is 0.772. The molecule has 3 aromatic rings. The molecule has 1 aliphatic rings. The highest BCUT2D eigenvalue weighted by molar-refractivity contribution is 5.91. The van der Waals surface area contributed by atoms with Gasteiger partial charge in [0.25, 0.3) is 0 Å². The lowest BCUT2D eigenvalue weighted by Crippen LogP contribution is -2.46. The number of amides is 2. The average Bonchev–Trinajstić information content (AvgIpc) is 3.83. The molecule has 1 aliphatic carbocycles. The Labute approximate surface area is 278 Å². The van der Waals surface area contributed by atoms with E-state index in [4.69, 9.17) is 9.47 Å². The van der Waals surface area contributed by atoms with Gasteiger partial charge in [0.15, 0.2) is 5.78 Å². The minimum absolute atomic E-state index is 0.0989. The molecule has 0 saturated heterocycles. The van der Waals surface area contributed by atoms with Gasteiger partial charge in [-0.3, -0.25) is 14.5 Å². The predicted octanol–water partition coefficient (Wildman–Crippen LogP) is 6.87. The zero-order chi connectivity index (χ0) is 34.0. The Bertz CT molecular complexity index is 1470. The van der Waals surface area contributed by atoms with E-state index < -0.39 is 35.5 Å². The van der Waals surface area contributed by atoms with Crippen LogP contribution in [0.3, 0.4) is 0 Å². The van der Waals surface area contributed by atoms with Gasteiger partial charge in [0.1, 0.15) is 18.2 Å². The van der Waals surface area contributed by atoms with Gasteiger partial charge in [0.2, 0.25) is 5.91 Å². The van der Waals surface area contributed by atoms with Crippen LogP contribution >= 0.6 is 0 Å². The lowest BCUT2D eigenvalue weighted by atomic mass is 9.92. The molecule has 47 heavy (non-hydrogen) atoms. The third-order valence-corrected chi connectivity index (χ3v) is 8.06. The maximum Gasteiger partial charge on any atom is 0.410 e. The topological polar surface area (TPSA) is 102 Å². The lowest BCUT2D eigenvalue weighted by Gasteiger charge is -2.28. The number of hydrogen-bond donors (Lipinski definition) is 1. The zero-order valence-corrected chi connectivity index (χ0v) is 28.2. The number of rotatable bonds is 15. The Balaban J connectivity index is 1.49. The number of ether oxygens (including phenoxy) is 2. The van der Waals surface area contributed by atoms with Crippen LogP contribution < -0.4 is 5.32 Å². The van der Waals surface area contributed by atoms with Crippen molar-refractivity contribution in [1.29, 1.82) is 0 Å². The zero-order valence-electron chi connectivity index (χ0n) is 28.2. The molecule has 250 valence electrons. The highest BCUT2D eigenvalue weighted by Gasteiger charge is 2.46. The Morgan fingerprint density at radius 2 is 1.43 bits per heavy atom. The summed E-state index contributed by atoms with van der Waals surface area (Å²) >= 11 is 0. The fraction of sp³-hybridized carbons (Fsp3) is 0.436. The second-order valence-electron chi connectivity index (χ2n) is 13.8. The van der Waals surface area contributed by atoms with E-state index in [-0.39, 0.29) is 43.2 Å². The van der Waals surface area contributed by atoms with Crippen molar-refractivity contribution in [2.45, 2.75) is 90.5 Å². The van der Waals surface area contributed by atoms with Gasteiger partial charge >= 0.3 is 12.1 Å². The Hall–Kier alpha value is -4.46. The van der Waals surface area contributed by atoms with Crippen molar-refractivity contribution in [2.75, 3.05) is 6.54 Å². The van der Waals surface area contributed by atoms with E-state index in [2.05, 4.69) is 5.32 Å². The highest BCUT2D eigenvalue weighted by Crippen LogP contribution is 2.45. The summed E-state index contributed by atoms with van der Waals surface area (Å²) in [5.41, 5.74) is 2.12. The number of Topliss-reactive ketones (excluding diaryl/α,β-unsaturated/α-hetero) is 1. The third kappa shape index (κ3) is 11.4. The summed E-state index contributed by atoms with van der Waals surface area (Å²) in [6, 6.07) is 27.7. The number of esters is 1. The number of benzene rings is 3. The second kappa shape index (κ2) is 16.4. The first kappa shape index (κ1) is 35.4. The second-order valence-corrected chi connectivity index (χ2v) is 13.8. The van der Waals surface area contributed by atoms with Gasteiger partial charge in [0.05, 0.1) is 6.54 Å². The van der Waals surface area contributed by atoms with E-state index in [9.17, 15) is 19.2 Å². The molecule has 0 heterocycles. The fourth-order valence-electron chi connectivity index (χ4n) is 5.71. The fourth-order valence-corrected chi connectivity index (χ4v) is 5.71. The molecule has 3 aromatic carbocycles. The lowest BCUT2D eigenvalue weighted by molar-refractivity contribution is -0.150. The molecule has 8 heteroatoms. The predicted molar refractivity (Wildman–Crippen MR) is 181 cm³/mol. The molecule has 4 atom stereocenters. The smallest absolute Gasteiger partial charge is 0.410 e. The maximum atomic E-state index is 13.9. The monoisotopic (exact) mass is 640 g/mol. The van der Waals surface area contributed by atoms with Crippen molar-refractivity contribution in [3.63, 3.8) is 0 Å². The number of carbonyl (C=O) groups is 4. The first-order valence-corrected chi connectivity index (χ1v) is 16.5. The van der Waals surface area contributed by atoms with Crippen molar-refractivity contribution in [3.8, 4) is 0 Å². The minimum Gasteiger partial charge on any atom is -0.459 e. The molecule has 1 unspecified atom stereocenters. The average molecular weight is 641 g/mol. The molecule has 0 bridgehead atoms. The van der Waals surface area contributed by atoms with E-state index in [1.54, 1.807) is 20.8 Å². The summed E-state index contributed by atoms with van der Waals surface area (Å²) in [6.45, 7) is 9.26. The summed E-state index contributed by atoms with van der Waals surface area (Å²) < 4.78 is 11.3. The first-order chi connectivity index (χ1) is 22.4. The van der Waals surface area contributed by atoms with Gasteiger partial charge < -0.3 is 14.8 Å². The molecule has 0 aromatic heterocycles. The van der Waals surface area contributed by atoms with Crippen LogP contribution in [0.1, 0.15) is 76.5 Å². The maximum absolute atomic E-state index is 13.9. The number of carbonyl (C=O) groups excluding carboxylic acids is 4. The molecule has 2 amide bonds. The van der Waals surface area contributed by atoms with Crippen molar-refractivity contribution in [2.24, 2.45) is 11.8 Å². The van der Waals surface area contributed by atoms with Crippen LogP contribution in [0.5, 0.6) is 0 Å². The van der Waals surface area contributed by atoms with Crippen LogP contribution in [0.2, 0.25) is 0 Å². The summed E-state index contributed by atoms with van der Waals surface area (Å²) in [7, 11) is 0. The van der Waals surface area contributed by atoms with Gasteiger partial charge in [-0.25, -0.2) is 9.59 Å². The number of hydrogen-bond acceptors (Lipinski definition) is 6. The molecule has 1 N–H and O–H groups in total. The van der Waals surface area contributed by atoms with Gasteiger partial charge in [-0.15, -0.1) is 0 Å². The largest absolute Gasteiger partial charge is 0.459 e. The molecule has 4 rings (SSSR count). The Kier molecular flexibility index (Phi) is 12.3. The molecule has 0 radical (unpaired) electrons. The van der Waals surface area contributed by atoms with E-state index >= 15 is 0 Å². The van der Waals surface area contributed by atoms with Crippen LogP contribution in [0.15, 0.2) is 91.0 Å². The van der Waals surface area contributed by atoms with E-state index in [1.807, 2.05) is 105 Å². The molecular weight excluding hydrogens is 592 g/mol. The minimum atomic E-state index is -0.865. The van der Waals surface area contributed by atoms with Gasteiger partial charge in [-0.05, 0) is 62.6 Å². The van der Waals surface area contributed by atoms with Crippen molar-refractivity contribution in [1.82, 2.24) is 10.2 Å². The Morgan fingerprint density at radius 1 is 0.851 bits per heavy atom. The van der Waals surface area contributed by atoms with Gasteiger partial charge in [-0.1, -0.05) is 105 Å². The molecule has 8 nitrogen and oxygen atoms in total. The van der Waals surface area contributed by atoms with E-state index in [1.165, 1.54) is 4.90 Å². The summed E-state index contributed by atoms with van der Waals surface area (Å²) in [4.78, 5) is 55.7. The molecule has 1 saturated carbocycles. The summed E-state index contributed by atoms with van der Waals surface area (Å²) in [5.74, 6) is -1.71. The Morgan fingerprint density at radius 3 is 2.00 bits per heavy atom. The molecule has 1 fully saturated rings. The van der Waals surface area contributed by atoms with E-state index in [0.717, 1.165) is 23.1 Å². The number of nitrogens with one attached hydrogen (secondary N) is 1. The molecular formula is C39H48N2O6. The quantitative estimate of drug-likeness (QED) is 0.182. The normalized spacial score (nSPS) is 16.9. The van der Waals surface area contributed by atoms with Gasteiger partial charge in [0, 0.05) is 24.3 Å². The van der Waals surface area contributed by atoms with Crippen LogP contribution in [0, 0.1) is 11.8 Å². The van der Waals surface area contributed by atoms with Crippen molar-refractivity contribution >= 4 is 23.8 Å². The van der Waals surface area contributed by atoms with Crippen LogP contribution in [0.4, 0.5) is 4.79 Å². The first-order valence-electron chi connectivity index (χ1n) is 16.5. The molecule has 0 spiro atoms. The SMILES string of the molecule is CC(C)C[C@@H](NC(=O)[C@H](CC(=O)CN(C(=O)OC(C)(C)C)C1C[C@@H]1c1ccccc1)Cc1ccccc1)C(=O)OCc1ccccc1. The van der Waals surface area contributed by atoms with Crippen molar-refractivity contribution < 1.29 is 28.7 Å². The van der Waals surface area contributed by atoms with E-state index in [0.29, 0.717) is 12.8 Å². The van der Waals surface area contributed by atoms with Crippen LogP contribution in [-0.4, -0.2) is 52.9 Å². The van der Waals surface area contributed by atoms with Crippen molar-refractivity contribution in [3.05, 3.63) is 108 Å². The molecule has 0 aliphatic heterocycles. The van der Waals surface area contributed by atoms with Crippen LogP contribution in [-0.2, 0) is 36.9 Å². The summed E-state index contributed by atoms with van der Waals surface area (Å²) in [5, 5.41) is 2.91. The highest BCUT2D eigenvalue weighted by atomic mass is 16.6. The number of nitrogens with zero attached hydrogens (tertiary/aromatic N) is 1.